The first kappa shape index (κ1) is 19.1. The van der Waals surface area contributed by atoms with Gasteiger partial charge < -0.3 is 10.6 Å². The summed E-state index contributed by atoms with van der Waals surface area (Å²) < 4.78 is 25.1. The summed E-state index contributed by atoms with van der Waals surface area (Å²) >= 11 is 0.974. The Hall–Kier alpha value is -1.22. The van der Waals surface area contributed by atoms with E-state index in [0.29, 0.717) is 11.7 Å². The molecule has 0 bridgehead atoms. The molecular weight excluding hydrogens is 348 g/mol. The van der Waals surface area contributed by atoms with Crippen LogP contribution in [0.25, 0.3) is 0 Å². The van der Waals surface area contributed by atoms with Crippen LogP contribution in [0.3, 0.4) is 0 Å². The van der Waals surface area contributed by atoms with Crippen LogP contribution in [-0.2, 0) is 14.6 Å². The number of hydrogen-bond donors (Lipinski definition) is 2. The number of amides is 1. The van der Waals surface area contributed by atoms with E-state index in [1.54, 1.807) is 0 Å². The minimum atomic E-state index is -3.81. The molecule has 1 amide bonds. The number of nitrogens with zero attached hydrogens (tertiary/aromatic N) is 2. The van der Waals surface area contributed by atoms with E-state index < -0.39 is 21.0 Å². The predicted molar refractivity (Wildman–Crippen MR) is 95.0 cm³/mol. The molecule has 1 atom stereocenters. The summed E-state index contributed by atoms with van der Waals surface area (Å²) in [6, 6.07) is 0.0776. The van der Waals surface area contributed by atoms with Gasteiger partial charge in [-0.3, -0.25) is 4.79 Å². The number of hydrogen-bond acceptors (Lipinski definition) is 7. The Kier molecular flexibility index (Phi) is 6.97. The molecule has 1 aromatic rings. The van der Waals surface area contributed by atoms with Crippen LogP contribution in [0.1, 0.15) is 58.8 Å². The van der Waals surface area contributed by atoms with Crippen molar-refractivity contribution in [2.75, 3.05) is 11.9 Å². The fraction of sp³-hybridized carbons (Fsp3) is 0.800. The van der Waals surface area contributed by atoms with Gasteiger partial charge in [0.2, 0.25) is 25.2 Å². The Bertz CT molecular complexity index is 637. The zero-order valence-electron chi connectivity index (χ0n) is 14.2. The van der Waals surface area contributed by atoms with Gasteiger partial charge in [-0.05, 0) is 26.2 Å². The van der Waals surface area contributed by atoms with Crippen LogP contribution in [0.5, 0.6) is 0 Å². The lowest BCUT2D eigenvalue weighted by Gasteiger charge is -2.18. The van der Waals surface area contributed by atoms with E-state index in [-0.39, 0.29) is 10.4 Å². The number of rotatable bonds is 7. The molecule has 1 heterocycles. The van der Waals surface area contributed by atoms with Crippen LogP contribution in [-0.4, -0.2) is 42.4 Å². The van der Waals surface area contributed by atoms with Crippen LogP contribution in [0.4, 0.5) is 5.13 Å². The quantitative estimate of drug-likeness (QED) is 0.711. The van der Waals surface area contributed by atoms with Gasteiger partial charge in [-0.2, -0.15) is 0 Å². The van der Waals surface area contributed by atoms with E-state index in [1.807, 2.05) is 6.92 Å². The maximum atomic E-state index is 12.6. The summed E-state index contributed by atoms with van der Waals surface area (Å²) in [6.45, 7) is 4.12. The zero-order valence-corrected chi connectivity index (χ0v) is 15.9. The van der Waals surface area contributed by atoms with Gasteiger partial charge in [-0.25, -0.2) is 8.42 Å². The molecule has 9 heteroatoms. The molecule has 1 saturated carbocycles. The van der Waals surface area contributed by atoms with E-state index in [1.165, 1.54) is 19.8 Å². The Morgan fingerprint density at radius 2 is 1.92 bits per heavy atom. The first-order valence-electron chi connectivity index (χ1n) is 8.56. The molecule has 0 unspecified atom stereocenters. The molecule has 136 valence electrons. The number of carbonyl (C=O) groups excluding carboxylic acids is 1. The first-order chi connectivity index (χ1) is 11.4. The molecule has 0 spiro atoms. The van der Waals surface area contributed by atoms with Gasteiger partial charge in [0, 0.05) is 12.6 Å². The summed E-state index contributed by atoms with van der Waals surface area (Å²) in [5.41, 5.74) is 0. The average Bonchev–Trinajstić information content (AvgIpc) is 2.90. The third-order valence-corrected chi connectivity index (χ3v) is 7.55. The molecule has 1 fully saturated rings. The maximum absolute atomic E-state index is 12.6. The monoisotopic (exact) mass is 374 g/mol. The van der Waals surface area contributed by atoms with Gasteiger partial charge in [-0.15, -0.1) is 10.2 Å². The van der Waals surface area contributed by atoms with Crippen molar-refractivity contribution < 1.29 is 13.2 Å². The molecular formula is C15H26N4O3S2. The van der Waals surface area contributed by atoms with Gasteiger partial charge in [0.25, 0.3) is 0 Å². The number of aromatic nitrogens is 2. The van der Waals surface area contributed by atoms with Crippen LogP contribution >= 0.6 is 11.3 Å². The molecule has 24 heavy (non-hydrogen) atoms. The molecule has 1 aliphatic carbocycles. The fourth-order valence-corrected chi connectivity index (χ4v) is 5.11. The lowest BCUT2D eigenvalue weighted by molar-refractivity contribution is -0.121. The summed E-state index contributed by atoms with van der Waals surface area (Å²) in [5, 5.41) is 12.8. The molecule has 0 aliphatic heterocycles. The molecule has 0 saturated heterocycles. The third kappa shape index (κ3) is 4.89. The lowest BCUT2D eigenvalue weighted by atomic mass is 10.1. The topological polar surface area (TPSA) is 101 Å². The number of anilines is 1. The van der Waals surface area contributed by atoms with Crippen molar-refractivity contribution in [2.45, 2.75) is 74.4 Å². The summed E-state index contributed by atoms with van der Waals surface area (Å²) in [6.07, 6.45) is 7.26. The van der Waals surface area contributed by atoms with Crippen molar-refractivity contribution >= 4 is 32.2 Å². The van der Waals surface area contributed by atoms with Gasteiger partial charge in [0.15, 0.2) is 0 Å². The average molecular weight is 375 g/mol. The smallest absolute Gasteiger partial charge is 0.238 e. The molecule has 0 radical (unpaired) electrons. The molecule has 2 rings (SSSR count). The maximum Gasteiger partial charge on any atom is 0.238 e. The number of carbonyl (C=O) groups is 1. The van der Waals surface area contributed by atoms with Crippen molar-refractivity contribution in [2.24, 2.45) is 0 Å². The minimum Gasteiger partial charge on any atom is -0.360 e. The van der Waals surface area contributed by atoms with Crippen molar-refractivity contribution in [3.05, 3.63) is 0 Å². The molecule has 7 nitrogen and oxygen atoms in total. The molecule has 1 aliphatic rings. The molecule has 2 N–H and O–H groups in total. The molecule has 0 aromatic carbocycles. The normalized spacial score (nSPS) is 17.9. The van der Waals surface area contributed by atoms with E-state index in [2.05, 4.69) is 20.8 Å². The second kappa shape index (κ2) is 8.75. The second-order valence-corrected chi connectivity index (χ2v) is 9.60. The van der Waals surface area contributed by atoms with Crippen LogP contribution in [0.2, 0.25) is 0 Å². The summed E-state index contributed by atoms with van der Waals surface area (Å²) in [4.78, 5) is 12.4. The Morgan fingerprint density at radius 3 is 2.54 bits per heavy atom. The third-order valence-electron chi connectivity index (χ3n) is 4.21. The highest BCUT2D eigenvalue weighted by Crippen LogP contribution is 2.24. The number of nitrogens with one attached hydrogen (secondary N) is 2. The highest BCUT2D eigenvalue weighted by Gasteiger charge is 2.34. The lowest BCUT2D eigenvalue weighted by Crippen LogP contribution is -2.43. The Morgan fingerprint density at radius 1 is 1.25 bits per heavy atom. The highest BCUT2D eigenvalue weighted by atomic mass is 32.2. The van der Waals surface area contributed by atoms with E-state index >= 15 is 0 Å². The van der Waals surface area contributed by atoms with Crippen LogP contribution in [0, 0.1) is 0 Å². The Balaban J connectivity index is 2.01. The second-order valence-electron chi connectivity index (χ2n) is 6.18. The van der Waals surface area contributed by atoms with Crippen molar-refractivity contribution in [1.29, 1.82) is 0 Å². The number of sulfone groups is 1. The van der Waals surface area contributed by atoms with Crippen LogP contribution in [0.15, 0.2) is 4.34 Å². The van der Waals surface area contributed by atoms with Gasteiger partial charge >= 0.3 is 0 Å². The van der Waals surface area contributed by atoms with Gasteiger partial charge in [0.1, 0.15) is 5.25 Å². The zero-order chi connectivity index (χ0) is 17.6. The van der Waals surface area contributed by atoms with E-state index in [0.717, 1.165) is 43.4 Å². The van der Waals surface area contributed by atoms with Gasteiger partial charge in [-0.1, -0.05) is 43.9 Å². The van der Waals surface area contributed by atoms with E-state index in [4.69, 9.17) is 0 Å². The summed E-state index contributed by atoms with van der Waals surface area (Å²) in [5.74, 6) is -0.444. The van der Waals surface area contributed by atoms with Crippen LogP contribution < -0.4 is 10.6 Å². The largest absolute Gasteiger partial charge is 0.360 e. The molecule has 1 aromatic heterocycles. The SMILES string of the molecule is CCCNc1nnc(S(=O)(=O)[C@H](C)C(=O)NC2CCCCCC2)s1. The first-order valence-corrected chi connectivity index (χ1v) is 10.9. The minimum absolute atomic E-state index is 0.0776. The summed E-state index contributed by atoms with van der Waals surface area (Å²) in [7, 11) is -3.81. The Labute approximate surface area is 147 Å². The van der Waals surface area contributed by atoms with Crippen molar-refractivity contribution in [3.63, 3.8) is 0 Å². The fourth-order valence-electron chi connectivity index (χ4n) is 2.66. The predicted octanol–water partition coefficient (Wildman–Crippen LogP) is 2.36. The standard InChI is InChI=1S/C15H26N4O3S2/c1-3-10-16-14-18-19-15(23-14)24(21,22)11(2)13(20)17-12-8-6-4-5-7-9-12/h11-12H,3-10H2,1-2H3,(H,16,18)(H,17,20)/t11-/m1/s1. The van der Waals surface area contributed by atoms with Crippen molar-refractivity contribution in [3.8, 4) is 0 Å². The van der Waals surface area contributed by atoms with Crippen molar-refractivity contribution in [1.82, 2.24) is 15.5 Å². The highest BCUT2D eigenvalue weighted by molar-refractivity contribution is 7.94. The van der Waals surface area contributed by atoms with E-state index in [9.17, 15) is 13.2 Å². The van der Waals surface area contributed by atoms with Gasteiger partial charge in [0.05, 0.1) is 0 Å².